The van der Waals surface area contributed by atoms with Crippen molar-refractivity contribution in [3.63, 3.8) is 0 Å². The lowest BCUT2D eigenvalue weighted by Crippen LogP contribution is -2.08. The number of aromatic hydroxyl groups is 1. The number of benzene rings is 1. The monoisotopic (exact) mass is 316 g/mol. The molecular formula is C16H13ClN2O3. The van der Waals surface area contributed by atoms with Crippen LogP contribution in [0.1, 0.15) is 17.4 Å². The number of halogens is 1. The van der Waals surface area contributed by atoms with Crippen molar-refractivity contribution in [1.29, 1.82) is 0 Å². The van der Waals surface area contributed by atoms with Crippen LogP contribution in [-0.2, 0) is 4.74 Å². The highest BCUT2D eigenvalue weighted by Crippen LogP contribution is 2.38. The van der Waals surface area contributed by atoms with Crippen LogP contribution < -0.4 is 0 Å². The molecule has 0 aliphatic heterocycles. The smallest absolute Gasteiger partial charge is 0.360 e. The zero-order chi connectivity index (χ0) is 15.7. The van der Waals surface area contributed by atoms with Crippen LogP contribution in [0.5, 0.6) is 5.75 Å². The molecule has 0 saturated heterocycles. The maximum absolute atomic E-state index is 12.0. The molecule has 0 aliphatic carbocycles. The first-order valence-electron chi connectivity index (χ1n) is 6.75. The van der Waals surface area contributed by atoms with Gasteiger partial charge in [0.1, 0.15) is 0 Å². The van der Waals surface area contributed by atoms with Crippen LogP contribution in [0.25, 0.3) is 22.2 Å². The first kappa shape index (κ1) is 14.4. The highest BCUT2D eigenvalue weighted by molar-refractivity contribution is 6.36. The van der Waals surface area contributed by atoms with E-state index in [1.807, 2.05) is 30.3 Å². The number of aromatic amines is 1. The molecule has 0 fully saturated rings. The van der Waals surface area contributed by atoms with Crippen molar-refractivity contribution in [2.75, 3.05) is 6.61 Å². The third kappa shape index (κ3) is 2.29. The molecule has 112 valence electrons. The van der Waals surface area contributed by atoms with Crippen molar-refractivity contribution in [3.8, 4) is 17.0 Å². The Morgan fingerprint density at radius 1 is 1.36 bits per heavy atom. The number of carbonyl (C=O) groups excluding carboxylic acids is 1. The van der Waals surface area contributed by atoms with Crippen molar-refractivity contribution >= 4 is 28.5 Å². The number of H-pyrrole nitrogens is 1. The minimum atomic E-state index is -0.684. The van der Waals surface area contributed by atoms with Gasteiger partial charge in [-0.25, -0.2) is 9.78 Å². The van der Waals surface area contributed by atoms with E-state index in [2.05, 4.69) is 9.97 Å². The number of hydrogen-bond acceptors (Lipinski definition) is 4. The third-order valence-corrected chi connectivity index (χ3v) is 3.57. The summed E-state index contributed by atoms with van der Waals surface area (Å²) in [7, 11) is 0. The highest BCUT2D eigenvalue weighted by atomic mass is 35.5. The molecule has 0 saturated carbocycles. The number of hydrogen-bond donors (Lipinski definition) is 2. The fourth-order valence-electron chi connectivity index (χ4n) is 2.30. The van der Waals surface area contributed by atoms with E-state index in [4.69, 9.17) is 16.3 Å². The van der Waals surface area contributed by atoms with Gasteiger partial charge in [-0.3, -0.25) is 0 Å². The number of carbonyl (C=O) groups is 1. The predicted octanol–water partition coefficient (Wildman–Crippen LogP) is 3.77. The molecule has 0 atom stereocenters. The van der Waals surface area contributed by atoms with Crippen LogP contribution in [0.15, 0.2) is 36.5 Å². The molecule has 0 spiro atoms. The number of ether oxygens (including phenoxy) is 1. The van der Waals surface area contributed by atoms with Gasteiger partial charge in [-0.15, -0.1) is 0 Å². The van der Waals surface area contributed by atoms with E-state index in [1.54, 1.807) is 13.1 Å². The largest absolute Gasteiger partial charge is 0.505 e. The molecule has 0 radical (unpaired) electrons. The lowest BCUT2D eigenvalue weighted by atomic mass is 10.1. The number of rotatable bonds is 3. The molecule has 0 aliphatic rings. The summed E-state index contributed by atoms with van der Waals surface area (Å²) >= 11 is 6.12. The number of nitrogens with one attached hydrogen (secondary N) is 1. The Kier molecular flexibility index (Phi) is 3.73. The van der Waals surface area contributed by atoms with Crippen LogP contribution in [0.3, 0.4) is 0 Å². The Morgan fingerprint density at radius 3 is 2.77 bits per heavy atom. The summed E-state index contributed by atoms with van der Waals surface area (Å²) in [6.45, 7) is 1.88. The second-order valence-electron chi connectivity index (χ2n) is 4.63. The maximum Gasteiger partial charge on any atom is 0.360 e. The summed E-state index contributed by atoms with van der Waals surface area (Å²) < 4.78 is 4.95. The number of pyridine rings is 1. The normalized spacial score (nSPS) is 10.8. The molecule has 3 rings (SSSR count). The first-order valence-corrected chi connectivity index (χ1v) is 7.13. The Morgan fingerprint density at radius 2 is 2.09 bits per heavy atom. The molecule has 6 heteroatoms. The topological polar surface area (TPSA) is 75.2 Å². The number of esters is 1. The van der Waals surface area contributed by atoms with Gasteiger partial charge in [-0.05, 0) is 6.92 Å². The van der Waals surface area contributed by atoms with Gasteiger partial charge < -0.3 is 14.8 Å². The van der Waals surface area contributed by atoms with Crippen LogP contribution in [0, 0.1) is 0 Å². The Balaban J connectivity index is 2.32. The molecule has 5 nitrogen and oxygen atoms in total. The Labute approximate surface area is 131 Å². The van der Waals surface area contributed by atoms with Crippen LogP contribution >= 0.6 is 11.6 Å². The van der Waals surface area contributed by atoms with Gasteiger partial charge in [0.2, 0.25) is 0 Å². The lowest BCUT2D eigenvalue weighted by molar-refractivity contribution is 0.0516. The Bertz CT molecular complexity index is 843. The summed E-state index contributed by atoms with van der Waals surface area (Å²) in [6, 6.07) is 9.34. The van der Waals surface area contributed by atoms with Gasteiger partial charge in [0, 0.05) is 11.8 Å². The number of aromatic nitrogens is 2. The van der Waals surface area contributed by atoms with Gasteiger partial charge in [0.15, 0.2) is 11.4 Å². The summed E-state index contributed by atoms with van der Waals surface area (Å²) in [5.74, 6) is -0.962. The molecule has 0 amide bonds. The molecule has 2 aromatic heterocycles. The van der Waals surface area contributed by atoms with Crippen molar-refractivity contribution in [2.45, 2.75) is 6.92 Å². The molecular weight excluding hydrogens is 304 g/mol. The molecule has 0 unspecified atom stereocenters. The number of fused-ring (bicyclic) bond motifs is 1. The second kappa shape index (κ2) is 5.69. The van der Waals surface area contributed by atoms with E-state index in [1.165, 1.54) is 0 Å². The van der Waals surface area contributed by atoms with E-state index in [-0.39, 0.29) is 18.1 Å². The SMILES string of the molecule is CCOC(=O)c1nc(-c2ccccc2)c2[nH]cc(Cl)c2c1O. The minimum Gasteiger partial charge on any atom is -0.505 e. The summed E-state index contributed by atoms with van der Waals surface area (Å²) in [4.78, 5) is 19.3. The fraction of sp³-hybridized carbons (Fsp3) is 0.125. The molecule has 22 heavy (non-hydrogen) atoms. The van der Waals surface area contributed by atoms with Crippen LogP contribution in [0.2, 0.25) is 5.02 Å². The van der Waals surface area contributed by atoms with E-state index < -0.39 is 5.97 Å². The average molecular weight is 317 g/mol. The van der Waals surface area contributed by atoms with E-state index >= 15 is 0 Å². The molecule has 3 aromatic rings. The molecule has 1 aromatic carbocycles. The summed E-state index contributed by atoms with van der Waals surface area (Å²) in [6.07, 6.45) is 1.55. The maximum atomic E-state index is 12.0. The predicted molar refractivity (Wildman–Crippen MR) is 84.2 cm³/mol. The quantitative estimate of drug-likeness (QED) is 0.721. The van der Waals surface area contributed by atoms with E-state index in [0.29, 0.717) is 21.6 Å². The third-order valence-electron chi connectivity index (χ3n) is 3.27. The van der Waals surface area contributed by atoms with Gasteiger partial charge >= 0.3 is 5.97 Å². The highest BCUT2D eigenvalue weighted by Gasteiger charge is 2.23. The standard InChI is InChI=1S/C16H13ClN2O3/c1-2-22-16(21)14-15(20)11-10(17)8-18-13(11)12(19-14)9-6-4-3-5-7-9/h3-8,18,20H,2H2,1H3. The second-order valence-corrected chi connectivity index (χ2v) is 5.04. The van der Waals surface area contributed by atoms with Crippen molar-refractivity contribution < 1.29 is 14.6 Å². The average Bonchev–Trinajstić information content (AvgIpc) is 2.91. The van der Waals surface area contributed by atoms with Gasteiger partial charge in [0.05, 0.1) is 28.2 Å². The zero-order valence-corrected chi connectivity index (χ0v) is 12.5. The molecule has 2 heterocycles. The lowest BCUT2D eigenvalue weighted by Gasteiger charge is -2.09. The van der Waals surface area contributed by atoms with Crippen molar-refractivity contribution in [2.24, 2.45) is 0 Å². The fourth-order valence-corrected chi connectivity index (χ4v) is 2.54. The summed E-state index contributed by atoms with van der Waals surface area (Å²) in [5.41, 5.74) is 1.76. The van der Waals surface area contributed by atoms with Gasteiger partial charge in [-0.2, -0.15) is 0 Å². The van der Waals surface area contributed by atoms with E-state index in [0.717, 1.165) is 5.56 Å². The minimum absolute atomic E-state index is 0.144. The number of nitrogens with zero attached hydrogens (tertiary/aromatic N) is 1. The van der Waals surface area contributed by atoms with Gasteiger partial charge in [0.25, 0.3) is 0 Å². The first-order chi connectivity index (χ1) is 10.6. The van der Waals surface area contributed by atoms with Crippen molar-refractivity contribution in [1.82, 2.24) is 9.97 Å². The van der Waals surface area contributed by atoms with Crippen molar-refractivity contribution in [3.05, 3.63) is 47.2 Å². The van der Waals surface area contributed by atoms with Crippen LogP contribution in [0.4, 0.5) is 0 Å². The summed E-state index contributed by atoms with van der Waals surface area (Å²) in [5, 5.41) is 11.0. The van der Waals surface area contributed by atoms with Gasteiger partial charge in [-0.1, -0.05) is 41.9 Å². The Hall–Kier alpha value is -2.53. The van der Waals surface area contributed by atoms with E-state index in [9.17, 15) is 9.90 Å². The van der Waals surface area contributed by atoms with Crippen LogP contribution in [-0.4, -0.2) is 27.7 Å². The molecule has 0 bridgehead atoms. The zero-order valence-electron chi connectivity index (χ0n) is 11.8. The molecule has 2 N–H and O–H groups in total.